The molecule has 140 valence electrons. The summed E-state index contributed by atoms with van der Waals surface area (Å²) >= 11 is 0. The monoisotopic (exact) mass is 375 g/mol. The topological polar surface area (TPSA) is 71.5 Å². The molecule has 0 radical (unpaired) electrons. The molecule has 2 aliphatic rings. The van der Waals surface area contributed by atoms with Crippen molar-refractivity contribution in [2.24, 2.45) is 0 Å². The van der Waals surface area contributed by atoms with Crippen molar-refractivity contribution in [2.75, 3.05) is 26.7 Å². The van der Waals surface area contributed by atoms with Gasteiger partial charge in [0.1, 0.15) is 0 Å². The fourth-order valence-corrected chi connectivity index (χ4v) is 5.73. The Bertz CT molecular complexity index is 925. The van der Waals surface area contributed by atoms with Crippen molar-refractivity contribution < 1.29 is 13.2 Å². The Labute approximate surface area is 154 Å². The molecule has 0 amide bonds. The second kappa shape index (κ2) is 6.79. The molecule has 1 aromatic carbocycles. The number of nitrogens with one attached hydrogen (secondary N) is 1. The van der Waals surface area contributed by atoms with Crippen LogP contribution in [0.1, 0.15) is 37.7 Å². The molecule has 6 nitrogen and oxygen atoms in total. The van der Waals surface area contributed by atoms with Gasteiger partial charge in [0.2, 0.25) is 15.9 Å². The minimum absolute atomic E-state index is 0.0779. The molecule has 1 aliphatic carbocycles. The third-order valence-electron chi connectivity index (χ3n) is 5.33. The lowest BCUT2D eigenvalue weighted by Crippen LogP contribution is -2.41. The first-order valence-electron chi connectivity index (χ1n) is 9.22. The van der Waals surface area contributed by atoms with Gasteiger partial charge >= 0.3 is 0 Å². The molecule has 4 rings (SSSR count). The van der Waals surface area contributed by atoms with Crippen molar-refractivity contribution in [1.29, 1.82) is 0 Å². The minimum Gasteiger partial charge on any atom is -0.481 e. The van der Waals surface area contributed by atoms with Crippen LogP contribution in [0, 0.1) is 0 Å². The Hall–Kier alpha value is -1.70. The first-order chi connectivity index (χ1) is 12.5. The summed E-state index contributed by atoms with van der Waals surface area (Å²) in [5.74, 6) is 0.877. The van der Waals surface area contributed by atoms with Crippen LogP contribution in [-0.4, -0.2) is 50.5 Å². The number of nitrogens with zero attached hydrogens (tertiary/aromatic N) is 2. The van der Waals surface area contributed by atoms with Crippen LogP contribution in [0.3, 0.4) is 0 Å². The van der Waals surface area contributed by atoms with E-state index >= 15 is 0 Å². The molecule has 2 aromatic rings. The summed E-state index contributed by atoms with van der Waals surface area (Å²) in [5.41, 5.74) is 1.03. The first kappa shape index (κ1) is 17.7. The molecule has 1 N–H and O–H groups in total. The van der Waals surface area contributed by atoms with Crippen molar-refractivity contribution in [3.05, 3.63) is 30.0 Å². The summed E-state index contributed by atoms with van der Waals surface area (Å²) in [6.07, 6.45) is 4.78. The van der Waals surface area contributed by atoms with Crippen LogP contribution in [0.25, 0.3) is 10.8 Å². The van der Waals surface area contributed by atoms with Crippen molar-refractivity contribution >= 4 is 20.8 Å². The molecule has 26 heavy (non-hydrogen) atoms. The van der Waals surface area contributed by atoms with Crippen molar-refractivity contribution in [1.82, 2.24) is 14.6 Å². The summed E-state index contributed by atoms with van der Waals surface area (Å²) < 4.78 is 34.2. The highest BCUT2D eigenvalue weighted by molar-refractivity contribution is 7.89. The zero-order valence-electron chi connectivity index (χ0n) is 15.2. The molecule has 2 fully saturated rings. The van der Waals surface area contributed by atoms with E-state index < -0.39 is 10.0 Å². The van der Waals surface area contributed by atoms with E-state index in [1.165, 1.54) is 0 Å². The molecule has 1 saturated heterocycles. The average Bonchev–Trinajstić information content (AvgIpc) is 3.48. The van der Waals surface area contributed by atoms with Crippen LogP contribution < -0.4 is 10.1 Å². The van der Waals surface area contributed by atoms with Crippen molar-refractivity contribution in [3.63, 3.8) is 0 Å². The van der Waals surface area contributed by atoms with Gasteiger partial charge in [-0.25, -0.2) is 13.4 Å². The fourth-order valence-electron chi connectivity index (χ4n) is 3.83. The molecule has 0 bridgehead atoms. The van der Waals surface area contributed by atoms with E-state index in [4.69, 9.17) is 4.74 Å². The quantitative estimate of drug-likeness (QED) is 0.889. The largest absolute Gasteiger partial charge is 0.481 e. The molecular formula is C19H25N3O3S. The average molecular weight is 375 g/mol. The Morgan fingerprint density at radius 2 is 2.12 bits per heavy atom. The summed E-state index contributed by atoms with van der Waals surface area (Å²) in [6.45, 7) is 4.01. The van der Waals surface area contributed by atoms with Crippen molar-refractivity contribution in [2.45, 2.75) is 43.0 Å². The molecule has 1 aliphatic heterocycles. The second-order valence-electron chi connectivity index (χ2n) is 7.20. The lowest BCUT2D eigenvalue weighted by molar-refractivity contribution is 0.353. The first-order valence-corrected chi connectivity index (χ1v) is 10.7. The van der Waals surface area contributed by atoms with Gasteiger partial charge in [0.25, 0.3) is 0 Å². The third kappa shape index (κ3) is 2.98. The highest BCUT2D eigenvalue weighted by Gasteiger charge is 2.34. The van der Waals surface area contributed by atoms with Gasteiger partial charge in [0.15, 0.2) is 0 Å². The molecule has 1 unspecified atom stereocenters. The predicted molar refractivity (Wildman–Crippen MR) is 101 cm³/mol. The number of pyridine rings is 1. The van der Waals surface area contributed by atoms with E-state index in [1.54, 1.807) is 29.7 Å². The normalized spacial score (nSPS) is 22.3. The zero-order chi connectivity index (χ0) is 18.3. The predicted octanol–water partition coefficient (Wildman–Crippen LogP) is 2.49. The molecular weight excluding hydrogens is 350 g/mol. The minimum atomic E-state index is -3.60. The number of hydrogen-bond acceptors (Lipinski definition) is 5. The Kier molecular flexibility index (Phi) is 4.62. The van der Waals surface area contributed by atoms with Gasteiger partial charge in [-0.05, 0) is 56.3 Å². The summed E-state index contributed by atoms with van der Waals surface area (Å²) in [6, 6.07) is 5.34. The standard InChI is InChI=1S/C19H25N3O3S/c1-13-11-20-9-4-10-22(13)26(23,24)17-6-3-5-15-18(17)16(14-7-8-14)12-21-19(15)25-2/h3,5-6,12-14,20H,4,7-11H2,1-2H3. The van der Waals surface area contributed by atoms with E-state index in [1.807, 2.05) is 13.0 Å². The number of hydrogen-bond donors (Lipinski definition) is 1. The number of ether oxygens (including phenoxy) is 1. The van der Waals surface area contributed by atoms with Gasteiger partial charge in [-0.3, -0.25) is 0 Å². The lowest BCUT2D eigenvalue weighted by Gasteiger charge is -2.27. The van der Waals surface area contributed by atoms with Crippen LogP contribution in [0.15, 0.2) is 29.3 Å². The number of fused-ring (bicyclic) bond motifs is 1. The van der Waals surface area contributed by atoms with E-state index in [-0.39, 0.29) is 6.04 Å². The van der Waals surface area contributed by atoms with E-state index in [9.17, 15) is 8.42 Å². The van der Waals surface area contributed by atoms with Gasteiger partial charge in [0.05, 0.1) is 12.0 Å². The van der Waals surface area contributed by atoms with Crippen LogP contribution in [0.4, 0.5) is 0 Å². The van der Waals surface area contributed by atoms with E-state index in [0.717, 1.165) is 42.1 Å². The number of sulfonamides is 1. The number of benzene rings is 1. The Balaban J connectivity index is 1.93. The van der Waals surface area contributed by atoms with E-state index in [0.29, 0.717) is 29.8 Å². The van der Waals surface area contributed by atoms with E-state index in [2.05, 4.69) is 10.3 Å². The van der Waals surface area contributed by atoms with Crippen LogP contribution in [0.2, 0.25) is 0 Å². The number of methoxy groups -OCH3 is 1. The van der Waals surface area contributed by atoms with Crippen molar-refractivity contribution in [3.8, 4) is 5.88 Å². The molecule has 0 spiro atoms. The SMILES string of the molecule is COc1ncc(C2CC2)c2c(S(=O)(=O)N3CCCNCC3C)cccc12. The van der Waals surface area contributed by atoms with Gasteiger partial charge in [-0.2, -0.15) is 4.31 Å². The maximum absolute atomic E-state index is 13.6. The van der Waals surface area contributed by atoms with Crippen LogP contribution in [-0.2, 0) is 10.0 Å². The van der Waals surface area contributed by atoms with Crippen LogP contribution in [0.5, 0.6) is 5.88 Å². The zero-order valence-corrected chi connectivity index (χ0v) is 16.1. The third-order valence-corrected chi connectivity index (χ3v) is 7.38. The fraction of sp³-hybridized carbons (Fsp3) is 0.526. The molecule has 2 heterocycles. The van der Waals surface area contributed by atoms with Crippen LogP contribution >= 0.6 is 0 Å². The molecule has 1 atom stereocenters. The smallest absolute Gasteiger partial charge is 0.243 e. The number of aromatic nitrogens is 1. The number of rotatable bonds is 4. The Morgan fingerprint density at radius 3 is 2.85 bits per heavy atom. The Morgan fingerprint density at radius 1 is 1.31 bits per heavy atom. The highest BCUT2D eigenvalue weighted by Crippen LogP contribution is 2.46. The molecule has 7 heteroatoms. The molecule has 1 saturated carbocycles. The van der Waals surface area contributed by atoms with Gasteiger partial charge in [-0.15, -0.1) is 0 Å². The maximum atomic E-state index is 13.6. The summed E-state index contributed by atoms with van der Waals surface area (Å²) in [4.78, 5) is 4.79. The maximum Gasteiger partial charge on any atom is 0.243 e. The van der Waals surface area contributed by atoms with Gasteiger partial charge in [-0.1, -0.05) is 6.07 Å². The molecule has 1 aromatic heterocycles. The van der Waals surface area contributed by atoms with Gasteiger partial charge < -0.3 is 10.1 Å². The highest BCUT2D eigenvalue weighted by atomic mass is 32.2. The second-order valence-corrected chi connectivity index (χ2v) is 9.06. The lowest BCUT2D eigenvalue weighted by atomic mass is 10.0. The van der Waals surface area contributed by atoms with Gasteiger partial charge in [0, 0.05) is 36.1 Å². The summed E-state index contributed by atoms with van der Waals surface area (Å²) in [5, 5.41) is 4.87. The summed E-state index contributed by atoms with van der Waals surface area (Å²) in [7, 11) is -2.03.